The summed E-state index contributed by atoms with van der Waals surface area (Å²) in [6.45, 7) is 0.698. The Labute approximate surface area is 101 Å². The molecule has 0 saturated heterocycles. The highest BCUT2D eigenvalue weighted by Gasteiger charge is 2.22. The standard InChI is InChI=1S/C12H17ClN2O/c13-10-8-14-6-5-9(10)7-15-11-3-1-2-4-12(11)16/h5-6,8,11-12,15-16H,1-4,7H2. The predicted octanol–water partition coefficient (Wildman–Crippen LogP) is 2.13. The van der Waals surface area contributed by atoms with E-state index in [1.165, 1.54) is 6.42 Å². The van der Waals surface area contributed by atoms with E-state index in [-0.39, 0.29) is 12.1 Å². The van der Waals surface area contributed by atoms with E-state index in [1.807, 2.05) is 6.07 Å². The van der Waals surface area contributed by atoms with Crippen LogP contribution in [0.1, 0.15) is 31.2 Å². The quantitative estimate of drug-likeness (QED) is 0.851. The number of hydrogen-bond acceptors (Lipinski definition) is 3. The maximum atomic E-state index is 9.81. The highest BCUT2D eigenvalue weighted by molar-refractivity contribution is 6.31. The molecule has 2 unspecified atom stereocenters. The van der Waals surface area contributed by atoms with Crippen molar-refractivity contribution in [2.45, 2.75) is 44.4 Å². The average molecular weight is 241 g/mol. The van der Waals surface area contributed by atoms with Gasteiger partial charge in [0.15, 0.2) is 0 Å². The molecule has 1 saturated carbocycles. The molecular weight excluding hydrogens is 224 g/mol. The van der Waals surface area contributed by atoms with Crippen LogP contribution in [0, 0.1) is 0 Å². The fourth-order valence-corrected chi connectivity index (χ4v) is 2.32. The summed E-state index contributed by atoms with van der Waals surface area (Å²) in [5.41, 5.74) is 1.04. The number of aliphatic hydroxyl groups excluding tert-OH is 1. The summed E-state index contributed by atoms with van der Waals surface area (Å²) in [5.74, 6) is 0. The zero-order valence-electron chi connectivity index (χ0n) is 9.19. The van der Waals surface area contributed by atoms with Crippen LogP contribution in [-0.2, 0) is 6.54 Å². The minimum absolute atomic E-state index is 0.206. The molecule has 2 rings (SSSR count). The van der Waals surface area contributed by atoms with Gasteiger partial charge in [-0.2, -0.15) is 0 Å². The van der Waals surface area contributed by atoms with Gasteiger partial charge in [0, 0.05) is 25.0 Å². The smallest absolute Gasteiger partial charge is 0.0693 e. The van der Waals surface area contributed by atoms with Crippen molar-refractivity contribution in [3.05, 3.63) is 29.0 Å². The molecule has 3 nitrogen and oxygen atoms in total. The second kappa shape index (κ2) is 5.62. The van der Waals surface area contributed by atoms with E-state index in [0.717, 1.165) is 24.8 Å². The number of pyridine rings is 1. The number of nitrogens with one attached hydrogen (secondary N) is 1. The molecule has 1 aromatic heterocycles. The summed E-state index contributed by atoms with van der Waals surface area (Å²) in [7, 11) is 0. The monoisotopic (exact) mass is 240 g/mol. The lowest BCUT2D eigenvalue weighted by atomic mass is 9.92. The van der Waals surface area contributed by atoms with Crippen molar-refractivity contribution in [3.8, 4) is 0 Å². The van der Waals surface area contributed by atoms with E-state index < -0.39 is 0 Å². The molecule has 0 bridgehead atoms. The molecule has 0 aromatic carbocycles. The first-order valence-corrected chi connectivity index (χ1v) is 6.15. The van der Waals surface area contributed by atoms with Crippen molar-refractivity contribution < 1.29 is 5.11 Å². The molecule has 0 radical (unpaired) electrons. The molecule has 1 fully saturated rings. The van der Waals surface area contributed by atoms with Gasteiger partial charge < -0.3 is 10.4 Å². The number of nitrogens with zero attached hydrogens (tertiary/aromatic N) is 1. The second-order valence-electron chi connectivity index (χ2n) is 4.31. The Morgan fingerprint density at radius 2 is 2.25 bits per heavy atom. The molecular formula is C12H17ClN2O. The van der Waals surface area contributed by atoms with Crippen molar-refractivity contribution in [2.24, 2.45) is 0 Å². The maximum absolute atomic E-state index is 9.81. The van der Waals surface area contributed by atoms with E-state index in [1.54, 1.807) is 12.4 Å². The Bertz CT molecular complexity index is 346. The normalized spacial score (nSPS) is 25.6. The molecule has 1 aliphatic rings. The van der Waals surface area contributed by atoms with Gasteiger partial charge in [-0.25, -0.2) is 0 Å². The fraction of sp³-hybridized carbons (Fsp3) is 0.583. The molecule has 2 atom stereocenters. The average Bonchev–Trinajstić information content (AvgIpc) is 2.30. The zero-order chi connectivity index (χ0) is 11.4. The topological polar surface area (TPSA) is 45.1 Å². The van der Waals surface area contributed by atoms with Crippen LogP contribution >= 0.6 is 11.6 Å². The number of halogens is 1. The summed E-state index contributed by atoms with van der Waals surface area (Å²) in [6, 6.07) is 2.11. The maximum Gasteiger partial charge on any atom is 0.0693 e. The number of aliphatic hydroxyl groups is 1. The van der Waals surface area contributed by atoms with Gasteiger partial charge in [-0.3, -0.25) is 4.98 Å². The van der Waals surface area contributed by atoms with E-state index in [4.69, 9.17) is 11.6 Å². The van der Waals surface area contributed by atoms with E-state index in [9.17, 15) is 5.11 Å². The van der Waals surface area contributed by atoms with Gasteiger partial charge >= 0.3 is 0 Å². The van der Waals surface area contributed by atoms with Crippen LogP contribution in [0.5, 0.6) is 0 Å². The second-order valence-corrected chi connectivity index (χ2v) is 4.71. The third-order valence-corrected chi connectivity index (χ3v) is 3.48. The van der Waals surface area contributed by atoms with Crippen molar-refractivity contribution in [1.82, 2.24) is 10.3 Å². The van der Waals surface area contributed by atoms with Gasteiger partial charge in [0.05, 0.1) is 11.1 Å². The Hall–Kier alpha value is -0.640. The van der Waals surface area contributed by atoms with Gasteiger partial charge in [-0.1, -0.05) is 24.4 Å². The molecule has 4 heteroatoms. The minimum atomic E-state index is -0.214. The first-order valence-electron chi connectivity index (χ1n) is 5.77. The molecule has 1 aromatic rings. The van der Waals surface area contributed by atoms with Gasteiger partial charge in [0.1, 0.15) is 0 Å². The van der Waals surface area contributed by atoms with Crippen LogP contribution in [-0.4, -0.2) is 22.2 Å². The van der Waals surface area contributed by atoms with Gasteiger partial charge in [-0.05, 0) is 24.5 Å². The van der Waals surface area contributed by atoms with Crippen molar-refractivity contribution in [3.63, 3.8) is 0 Å². The molecule has 1 aliphatic carbocycles. The SMILES string of the molecule is OC1CCCCC1NCc1ccncc1Cl. The Kier molecular flexibility index (Phi) is 4.16. The highest BCUT2D eigenvalue weighted by atomic mass is 35.5. The van der Waals surface area contributed by atoms with Gasteiger partial charge in [-0.15, -0.1) is 0 Å². The summed E-state index contributed by atoms with van der Waals surface area (Å²) in [4.78, 5) is 3.95. The first-order chi connectivity index (χ1) is 7.77. The van der Waals surface area contributed by atoms with Gasteiger partial charge in [0.2, 0.25) is 0 Å². The lowest BCUT2D eigenvalue weighted by Gasteiger charge is -2.28. The summed E-state index contributed by atoms with van der Waals surface area (Å²) >= 11 is 6.01. The lowest BCUT2D eigenvalue weighted by molar-refractivity contribution is 0.0902. The van der Waals surface area contributed by atoms with Crippen LogP contribution in [0.2, 0.25) is 5.02 Å². The van der Waals surface area contributed by atoms with Crippen molar-refractivity contribution in [1.29, 1.82) is 0 Å². The third-order valence-electron chi connectivity index (χ3n) is 3.14. The van der Waals surface area contributed by atoms with E-state index in [0.29, 0.717) is 11.6 Å². The number of hydrogen-bond donors (Lipinski definition) is 2. The van der Waals surface area contributed by atoms with Gasteiger partial charge in [0.25, 0.3) is 0 Å². The number of rotatable bonds is 3. The molecule has 2 N–H and O–H groups in total. The zero-order valence-corrected chi connectivity index (χ0v) is 9.95. The van der Waals surface area contributed by atoms with Crippen molar-refractivity contribution in [2.75, 3.05) is 0 Å². The summed E-state index contributed by atoms with van der Waals surface area (Å²) in [5, 5.41) is 13.9. The fourth-order valence-electron chi connectivity index (χ4n) is 2.14. The Morgan fingerprint density at radius 1 is 1.44 bits per heavy atom. The lowest BCUT2D eigenvalue weighted by Crippen LogP contribution is -2.41. The summed E-state index contributed by atoms with van der Waals surface area (Å²) < 4.78 is 0. The van der Waals surface area contributed by atoms with E-state index >= 15 is 0 Å². The van der Waals surface area contributed by atoms with Crippen LogP contribution in [0.3, 0.4) is 0 Å². The van der Waals surface area contributed by atoms with Crippen LogP contribution in [0.4, 0.5) is 0 Å². The summed E-state index contributed by atoms with van der Waals surface area (Å²) in [6.07, 6.45) is 7.45. The first kappa shape index (κ1) is 11.8. The number of aromatic nitrogens is 1. The minimum Gasteiger partial charge on any atom is -0.392 e. The van der Waals surface area contributed by atoms with Crippen LogP contribution < -0.4 is 5.32 Å². The molecule has 0 aliphatic heterocycles. The Balaban J connectivity index is 1.89. The van der Waals surface area contributed by atoms with Crippen molar-refractivity contribution >= 4 is 11.6 Å². The largest absolute Gasteiger partial charge is 0.392 e. The molecule has 1 heterocycles. The third kappa shape index (κ3) is 2.94. The molecule has 16 heavy (non-hydrogen) atoms. The molecule has 0 amide bonds. The highest BCUT2D eigenvalue weighted by Crippen LogP contribution is 2.19. The Morgan fingerprint density at radius 3 is 3.00 bits per heavy atom. The predicted molar refractivity (Wildman–Crippen MR) is 64.3 cm³/mol. The van der Waals surface area contributed by atoms with E-state index in [2.05, 4.69) is 10.3 Å². The van der Waals surface area contributed by atoms with Crippen LogP contribution in [0.15, 0.2) is 18.5 Å². The molecule has 0 spiro atoms. The molecule has 88 valence electrons. The van der Waals surface area contributed by atoms with Crippen LogP contribution in [0.25, 0.3) is 0 Å².